The highest BCUT2D eigenvalue weighted by molar-refractivity contribution is 5.80. The molecule has 2 N–H and O–H groups in total. The van der Waals surface area contributed by atoms with Gasteiger partial charge in [0.25, 0.3) is 0 Å². The third-order valence-corrected chi connectivity index (χ3v) is 3.05. The summed E-state index contributed by atoms with van der Waals surface area (Å²) < 4.78 is 0. The molecule has 0 aromatic rings. The zero-order valence-electron chi connectivity index (χ0n) is 10.0. The van der Waals surface area contributed by atoms with E-state index in [1.54, 1.807) is 7.05 Å². The zero-order chi connectivity index (χ0) is 12.0. The lowest BCUT2D eigenvalue weighted by atomic mass is 9.91. The summed E-state index contributed by atoms with van der Waals surface area (Å²) >= 11 is 0. The number of carbonyl (C=O) groups is 2. The lowest BCUT2D eigenvalue weighted by molar-refractivity contribution is -0.127. The first kappa shape index (κ1) is 13.0. The second kappa shape index (κ2) is 6.48. The Kier molecular flexibility index (Phi) is 5.25. The summed E-state index contributed by atoms with van der Waals surface area (Å²) in [5, 5.41) is 6.24. The summed E-state index contributed by atoms with van der Waals surface area (Å²) in [5.41, 5.74) is 0. The number of carbonyl (C=O) groups excluding carboxylic acids is 2. The topological polar surface area (TPSA) is 61.4 Å². The van der Waals surface area contributed by atoms with E-state index in [0.29, 0.717) is 12.3 Å². The van der Waals surface area contributed by atoms with Gasteiger partial charge in [0.05, 0.1) is 6.54 Å². The van der Waals surface area contributed by atoms with Crippen LogP contribution in [0.3, 0.4) is 0 Å². The first-order valence-corrected chi connectivity index (χ1v) is 5.79. The molecule has 0 saturated carbocycles. The Labute approximate surface area is 96.6 Å². The minimum atomic E-state index is -0.0827. The molecule has 16 heavy (non-hydrogen) atoms. The van der Waals surface area contributed by atoms with Crippen molar-refractivity contribution in [2.45, 2.75) is 25.8 Å². The molecule has 1 aliphatic rings. The van der Waals surface area contributed by atoms with E-state index in [1.165, 1.54) is 4.90 Å². The average Bonchev–Trinajstić information content (AvgIpc) is 2.29. The summed E-state index contributed by atoms with van der Waals surface area (Å²) in [6.07, 6.45) is 2.87. The molecule has 2 amide bonds. The number of nitrogens with zero attached hydrogens (tertiary/aromatic N) is 1. The summed E-state index contributed by atoms with van der Waals surface area (Å²) in [6.45, 7) is 4.23. The summed E-state index contributed by atoms with van der Waals surface area (Å²) in [7, 11) is 1.60. The fraction of sp³-hybridized carbons (Fsp3) is 0.818. The van der Waals surface area contributed by atoms with E-state index in [4.69, 9.17) is 0 Å². The highest BCUT2D eigenvalue weighted by Crippen LogP contribution is 2.15. The second-order valence-electron chi connectivity index (χ2n) is 4.46. The highest BCUT2D eigenvalue weighted by atomic mass is 16.2. The molecule has 92 valence electrons. The number of rotatable bonds is 5. The van der Waals surface area contributed by atoms with Crippen molar-refractivity contribution in [3.8, 4) is 0 Å². The third kappa shape index (κ3) is 4.18. The van der Waals surface area contributed by atoms with Crippen LogP contribution in [0.4, 0.5) is 0 Å². The summed E-state index contributed by atoms with van der Waals surface area (Å²) in [4.78, 5) is 23.2. The van der Waals surface area contributed by atoms with Crippen LogP contribution in [-0.2, 0) is 9.59 Å². The highest BCUT2D eigenvalue weighted by Gasteiger charge is 2.21. The normalized spacial score (nSPS) is 18.9. The third-order valence-electron chi connectivity index (χ3n) is 3.05. The Morgan fingerprint density at radius 3 is 2.75 bits per heavy atom. The van der Waals surface area contributed by atoms with Gasteiger partial charge in [-0.1, -0.05) is 0 Å². The van der Waals surface area contributed by atoms with E-state index in [2.05, 4.69) is 10.6 Å². The van der Waals surface area contributed by atoms with Crippen LogP contribution in [0.25, 0.3) is 0 Å². The van der Waals surface area contributed by atoms with Gasteiger partial charge in [0.1, 0.15) is 0 Å². The first-order valence-electron chi connectivity index (χ1n) is 5.79. The lowest BCUT2D eigenvalue weighted by Gasteiger charge is -2.29. The van der Waals surface area contributed by atoms with Crippen LogP contribution in [0.2, 0.25) is 0 Å². The number of nitrogens with one attached hydrogen (secondary N) is 2. The molecule has 5 nitrogen and oxygen atoms in total. The van der Waals surface area contributed by atoms with E-state index in [-0.39, 0.29) is 18.5 Å². The molecule has 1 saturated heterocycles. The summed E-state index contributed by atoms with van der Waals surface area (Å²) in [6, 6.07) is 0.189. The van der Waals surface area contributed by atoms with E-state index >= 15 is 0 Å². The van der Waals surface area contributed by atoms with Gasteiger partial charge in [-0.25, -0.2) is 0 Å². The minimum Gasteiger partial charge on any atom is -0.352 e. The quantitative estimate of drug-likeness (QED) is 0.627. The fourth-order valence-electron chi connectivity index (χ4n) is 2.03. The maximum absolute atomic E-state index is 11.5. The van der Waals surface area contributed by atoms with E-state index in [0.717, 1.165) is 25.9 Å². The van der Waals surface area contributed by atoms with Crippen LogP contribution in [0.15, 0.2) is 0 Å². The maximum atomic E-state index is 11.5. The Bertz CT molecular complexity index is 239. The molecule has 0 aliphatic carbocycles. The van der Waals surface area contributed by atoms with Gasteiger partial charge in [-0.05, 0) is 38.8 Å². The van der Waals surface area contributed by atoms with Gasteiger partial charge in [-0.15, -0.1) is 0 Å². The Morgan fingerprint density at radius 2 is 2.19 bits per heavy atom. The molecule has 0 aromatic carbocycles. The van der Waals surface area contributed by atoms with Crippen molar-refractivity contribution < 1.29 is 9.59 Å². The number of hydrogen-bond donors (Lipinski definition) is 2. The molecule has 1 atom stereocenters. The molecule has 1 heterocycles. The smallest absolute Gasteiger partial charge is 0.239 e. The lowest BCUT2D eigenvalue weighted by Crippen LogP contribution is -2.45. The zero-order valence-corrected chi connectivity index (χ0v) is 10.0. The van der Waals surface area contributed by atoms with Crippen molar-refractivity contribution in [3.63, 3.8) is 0 Å². The SMILES string of the molecule is CC(NC(=O)CN(C)C=O)C1CCNCC1. The van der Waals surface area contributed by atoms with Gasteiger partial charge < -0.3 is 15.5 Å². The molecule has 1 rings (SSSR count). The molecule has 0 spiro atoms. The predicted molar refractivity (Wildman–Crippen MR) is 61.9 cm³/mol. The maximum Gasteiger partial charge on any atom is 0.239 e. The molecular formula is C11H21N3O2. The number of likely N-dealkylation sites (N-methyl/N-ethyl adjacent to an activating group) is 1. The van der Waals surface area contributed by atoms with Gasteiger partial charge in [-0.3, -0.25) is 9.59 Å². The molecule has 1 unspecified atom stereocenters. The summed E-state index contributed by atoms with van der Waals surface area (Å²) in [5.74, 6) is 0.465. The van der Waals surface area contributed by atoms with Crippen molar-refractivity contribution in [2.24, 2.45) is 5.92 Å². The average molecular weight is 227 g/mol. The van der Waals surface area contributed by atoms with Gasteiger partial charge in [0.2, 0.25) is 12.3 Å². The van der Waals surface area contributed by atoms with Gasteiger partial charge >= 0.3 is 0 Å². The van der Waals surface area contributed by atoms with Crippen LogP contribution in [0.5, 0.6) is 0 Å². The molecule has 0 aromatic heterocycles. The number of piperidine rings is 1. The van der Waals surface area contributed by atoms with Crippen molar-refractivity contribution in [1.29, 1.82) is 0 Å². The minimum absolute atomic E-state index is 0.0827. The number of hydrogen-bond acceptors (Lipinski definition) is 3. The molecule has 5 heteroatoms. The van der Waals surface area contributed by atoms with Crippen LogP contribution < -0.4 is 10.6 Å². The molecule has 1 aliphatic heterocycles. The molecular weight excluding hydrogens is 206 g/mol. The van der Waals surface area contributed by atoms with Crippen molar-refractivity contribution >= 4 is 12.3 Å². The van der Waals surface area contributed by atoms with Crippen molar-refractivity contribution in [2.75, 3.05) is 26.7 Å². The van der Waals surface area contributed by atoms with E-state index in [9.17, 15) is 9.59 Å². The van der Waals surface area contributed by atoms with Crippen molar-refractivity contribution in [3.05, 3.63) is 0 Å². The monoisotopic (exact) mass is 227 g/mol. The van der Waals surface area contributed by atoms with E-state index < -0.39 is 0 Å². The largest absolute Gasteiger partial charge is 0.352 e. The molecule has 0 bridgehead atoms. The fourth-order valence-corrected chi connectivity index (χ4v) is 2.03. The van der Waals surface area contributed by atoms with Gasteiger partial charge in [0, 0.05) is 13.1 Å². The Morgan fingerprint density at radius 1 is 1.56 bits per heavy atom. The van der Waals surface area contributed by atoms with Crippen molar-refractivity contribution in [1.82, 2.24) is 15.5 Å². The van der Waals surface area contributed by atoms with Gasteiger partial charge in [-0.2, -0.15) is 0 Å². The number of amides is 2. The predicted octanol–water partition coefficient (Wildman–Crippen LogP) is -0.421. The van der Waals surface area contributed by atoms with Crippen LogP contribution in [-0.4, -0.2) is 49.9 Å². The molecule has 0 radical (unpaired) electrons. The Balaban J connectivity index is 2.29. The van der Waals surface area contributed by atoms with Crippen LogP contribution in [0.1, 0.15) is 19.8 Å². The Hall–Kier alpha value is -1.10. The van der Waals surface area contributed by atoms with Crippen LogP contribution >= 0.6 is 0 Å². The molecule has 1 fully saturated rings. The second-order valence-corrected chi connectivity index (χ2v) is 4.46. The van der Waals surface area contributed by atoms with Gasteiger partial charge in [0.15, 0.2) is 0 Å². The van der Waals surface area contributed by atoms with Crippen LogP contribution in [0, 0.1) is 5.92 Å². The standard InChI is InChI=1S/C11H21N3O2/c1-9(10-3-5-12-6-4-10)13-11(16)7-14(2)8-15/h8-10,12H,3-7H2,1-2H3,(H,13,16). The first-order chi connectivity index (χ1) is 7.63. The van der Waals surface area contributed by atoms with E-state index in [1.807, 2.05) is 6.92 Å².